The van der Waals surface area contributed by atoms with E-state index >= 15 is 0 Å². The van der Waals surface area contributed by atoms with Crippen LogP contribution in [-0.2, 0) is 23.5 Å². The second-order valence-corrected chi connectivity index (χ2v) is 6.56. The molecule has 142 valence electrons. The van der Waals surface area contributed by atoms with E-state index in [-0.39, 0.29) is 11.6 Å². The van der Waals surface area contributed by atoms with Gasteiger partial charge < -0.3 is 14.4 Å². The molecule has 0 aliphatic rings. The molecule has 0 saturated carbocycles. The lowest BCUT2D eigenvalue weighted by molar-refractivity contribution is -0.00189. The zero-order chi connectivity index (χ0) is 19.1. The number of ether oxygens (including phenoxy) is 1. The van der Waals surface area contributed by atoms with E-state index in [0.717, 1.165) is 5.56 Å². The van der Waals surface area contributed by atoms with Crippen molar-refractivity contribution in [3.63, 3.8) is 0 Å². The van der Waals surface area contributed by atoms with Crippen molar-refractivity contribution in [2.45, 2.75) is 31.6 Å². The van der Waals surface area contributed by atoms with Gasteiger partial charge in [0.1, 0.15) is 17.2 Å². The van der Waals surface area contributed by atoms with Crippen molar-refractivity contribution in [2.75, 3.05) is 6.61 Å². The van der Waals surface area contributed by atoms with Crippen LogP contribution in [0.5, 0.6) is 0 Å². The van der Waals surface area contributed by atoms with Crippen LogP contribution in [0.4, 0.5) is 8.78 Å². The van der Waals surface area contributed by atoms with Gasteiger partial charge in [0.15, 0.2) is 0 Å². The molecule has 0 saturated heterocycles. The number of benzene rings is 2. The van der Waals surface area contributed by atoms with Gasteiger partial charge in [-0.05, 0) is 48.2 Å². The summed E-state index contributed by atoms with van der Waals surface area (Å²) in [5, 5.41) is 11.2. The van der Waals surface area contributed by atoms with Crippen LogP contribution >= 0.6 is 0 Å². The summed E-state index contributed by atoms with van der Waals surface area (Å²) in [6.07, 6.45) is 6.12. The van der Waals surface area contributed by atoms with Crippen molar-refractivity contribution < 1.29 is 18.6 Å². The molecular weight excluding hydrogens is 350 g/mol. The highest BCUT2D eigenvalue weighted by Crippen LogP contribution is 2.29. The van der Waals surface area contributed by atoms with Gasteiger partial charge in [0.05, 0.1) is 19.5 Å². The third-order valence-corrected chi connectivity index (χ3v) is 4.45. The quantitative estimate of drug-likeness (QED) is 0.577. The normalized spacial score (nSPS) is 13.4. The Hall–Kier alpha value is -2.57. The second kappa shape index (κ2) is 8.88. The van der Waals surface area contributed by atoms with E-state index in [2.05, 4.69) is 4.98 Å². The van der Waals surface area contributed by atoms with E-state index in [9.17, 15) is 13.9 Å². The predicted octanol–water partition coefficient (Wildman–Crippen LogP) is 4.05. The maximum absolute atomic E-state index is 13.3. The molecular formula is C21H22F2N2O2. The Kier molecular flexibility index (Phi) is 6.32. The maximum atomic E-state index is 13.3. The van der Waals surface area contributed by atoms with Gasteiger partial charge in [-0.25, -0.2) is 13.8 Å². The Morgan fingerprint density at radius 1 is 1.00 bits per heavy atom. The van der Waals surface area contributed by atoms with Gasteiger partial charge in [-0.1, -0.05) is 24.3 Å². The summed E-state index contributed by atoms with van der Waals surface area (Å²) in [6.45, 7) is 1.15. The molecule has 1 N–H and O–H groups in total. The van der Waals surface area contributed by atoms with Crippen LogP contribution in [-0.4, -0.2) is 21.3 Å². The maximum Gasteiger partial charge on any atom is 0.123 e. The largest absolute Gasteiger partial charge is 0.383 e. The summed E-state index contributed by atoms with van der Waals surface area (Å²) >= 11 is 0. The number of imidazole rings is 1. The van der Waals surface area contributed by atoms with Gasteiger partial charge in [0, 0.05) is 19.0 Å². The van der Waals surface area contributed by atoms with Crippen LogP contribution in [0.25, 0.3) is 0 Å². The SMILES string of the molecule is OC(CCCOCc1ccc(F)cc1)(Cn1ccnc1)c1ccc(F)cc1. The van der Waals surface area contributed by atoms with Gasteiger partial charge >= 0.3 is 0 Å². The Morgan fingerprint density at radius 3 is 2.30 bits per heavy atom. The molecule has 2 aromatic carbocycles. The predicted molar refractivity (Wildman–Crippen MR) is 97.8 cm³/mol. The molecule has 0 aliphatic heterocycles. The molecule has 0 amide bonds. The molecule has 0 aliphatic carbocycles. The average molecular weight is 372 g/mol. The number of hydrogen-bond donors (Lipinski definition) is 1. The minimum Gasteiger partial charge on any atom is -0.383 e. The van der Waals surface area contributed by atoms with Crippen molar-refractivity contribution in [2.24, 2.45) is 0 Å². The molecule has 27 heavy (non-hydrogen) atoms. The van der Waals surface area contributed by atoms with E-state index in [4.69, 9.17) is 4.74 Å². The minimum absolute atomic E-state index is 0.275. The monoisotopic (exact) mass is 372 g/mol. The molecule has 1 heterocycles. The number of rotatable bonds is 9. The molecule has 0 spiro atoms. The van der Waals surface area contributed by atoms with Gasteiger partial charge in [-0.3, -0.25) is 0 Å². The molecule has 3 rings (SSSR count). The van der Waals surface area contributed by atoms with Gasteiger partial charge in [-0.2, -0.15) is 0 Å². The molecule has 0 radical (unpaired) electrons. The zero-order valence-corrected chi connectivity index (χ0v) is 14.9. The minimum atomic E-state index is -1.16. The molecule has 3 aromatic rings. The van der Waals surface area contributed by atoms with Crippen LogP contribution in [0.1, 0.15) is 24.0 Å². The van der Waals surface area contributed by atoms with Crippen LogP contribution in [0.15, 0.2) is 67.3 Å². The lowest BCUT2D eigenvalue weighted by Gasteiger charge is -2.29. The van der Waals surface area contributed by atoms with Crippen LogP contribution in [0.3, 0.4) is 0 Å². The summed E-state index contributed by atoms with van der Waals surface area (Å²) in [5.74, 6) is -0.617. The smallest absolute Gasteiger partial charge is 0.123 e. The summed E-state index contributed by atoms with van der Waals surface area (Å²) in [5.41, 5.74) is 0.382. The lowest BCUT2D eigenvalue weighted by atomic mass is 9.89. The first-order valence-electron chi connectivity index (χ1n) is 8.81. The molecule has 1 atom stereocenters. The summed E-state index contributed by atoms with van der Waals surface area (Å²) in [6, 6.07) is 12.1. The number of nitrogens with zero attached hydrogens (tertiary/aromatic N) is 2. The van der Waals surface area contributed by atoms with E-state index in [0.29, 0.717) is 38.2 Å². The van der Waals surface area contributed by atoms with Gasteiger partial charge in [0.25, 0.3) is 0 Å². The standard InChI is InChI=1S/C21H22F2N2O2/c22-19-6-2-17(3-7-19)14-27-13-1-10-21(26,15-25-12-11-24-16-25)18-4-8-20(23)9-5-18/h2-9,11-12,16,26H,1,10,13-15H2. The molecule has 1 aromatic heterocycles. The second-order valence-electron chi connectivity index (χ2n) is 6.56. The average Bonchev–Trinajstić information content (AvgIpc) is 3.16. The Labute approximate surface area is 157 Å². The van der Waals surface area contributed by atoms with Crippen molar-refractivity contribution in [1.82, 2.24) is 9.55 Å². The first-order chi connectivity index (χ1) is 13.0. The van der Waals surface area contributed by atoms with Crippen LogP contribution in [0.2, 0.25) is 0 Å². The number of halogens is 2. The third kappa shape index (κ3) is 5.45. The molecule has 1 unspecified atom stereocenters. The van der Waals surface area contributed by atoms with Gasteiger partial charge in [0.2, 0.25) is 0 Å². The Bertz CT molecular complexity index is 820. The summed E-state index contributed by atoms with van der Waals surface area (Å²) < 4.78 is 33.6. The number of hydrogen-bond acceptors (Lipinski definition) is 3. The fourth-order valence-electron chi connectivity index (χ4n) is 2.99. The molecule has 4 nitrogen and oxygen atoms in total. The van der Waals surface area contributed by atoms with Crippen LogP contribution in [0, 0.1) is 11.6 Å². The van der Waals surface area contributed by atoms with Gasteiger partial charge in [-0.15, -0.1) is 0 Å². The molecule has 6 heteroatoms. The summed E-state index contributed by atoms with van der Waals surface area (Å²) in [7, 11) is 0. The molecule has 0 bridgehead atoms. The fourth-order valence-corrected chi connectivity index (χ4v) is 2.99. The van der Waals surface area contributed by atoms with Crippen molar-refractivity contribution >= 4 is 0 Å². The highest BCUT2D eigenvalue weighted by Gasteiger charge is 2.29. The van der Waals surface area contributed by atoms with E-state index < -0.39 is 5.60 Å². The third-order valence-electron chi connectivity index (χ3n) is 4.45. The number of aromatic nitrogens is 2. The van der Waals surface area contributed by atoms with Crippen molar-refractivity contribution in [1.29, 1.82) is 0 Å². The van der Waals surface area contributed by atoms with E-state index in [1.807, 2.05) is 0 Å². The van der Waals surface area contributed by atoms with E-state index in [1.54, 1.807) is 47.6 Å². The first kappa shape index (κ1) is 19.2. The number of aliphatic hydroxyl groups is 1. The summed E-state index contributed by atoms with van der Waals surface area (Å²) in [4.78, 5) is 4.00. The highest BCUT2D eigenvalue weighted by molar-refractivity contribution is 5.23. The zero-order valence-electron chi connectivity index (χ0n) is 14.9. The Morgan fingerprint density at radius 2 is 1.67 bits per heavy atom. The van der Waals surface area contributed by atoms with E-state index in [1.165, 1.54) is 24.3 Å². The fraction of sp³-hybridized carbons (Fsp3) is 0.286. The molecule has 0 fully saturated rings. The van der Waals surface area contributed by atoms with Crippen molar-refractivity contribution in [3.05, 3.63) is 90.0 Å². The highest BCUT2D eigenvalue weighted by atomic mass is 19.1. The lowest BCUT2D eigenvalue weighted by Crippen LogP contribution is -2.31. The first-order valence-corrected chi connectivity index (χ1v) is 8.81. The topological polar surface area (TPSA) is 47.3 Å². The Balaban J connectivity index is 1.57. The van der Waals surface area contributed by atoms with Crippen LogP contribution < -0.4 is 0 Å². The van der Waals surface area contributed by atoms with Crippen molar-refractivity contribution in [3.8, 4) is 0 Å².